The standard InChI is InChI=1S/C10H16O3.C9H14O3/c1-3-10(9(12)13)5-4-7(2)6-8(10)11;1-2-9(8(11)12)6-4-3-5-7(9)10/h7H,3-6H2,1-2H3,(H,12,13);2-6H2,1H3,(H,11,12). The van der Waals surface area contributed by atoms with Crippen molar-refractivity contribution in [3.05, 3.63) is 0 Å². The minimum absolute atomic E-state index is 0.0799. The van der Waals surface area contributed by atoms with Crippen molar-refractivity contribution in [1.82, 2.24) is 0 Å². The molecule has 0 spiro atoms. The predicted octanol–water partition coefficient (Wildman–Crippen LogP) is 3.47. The summed E-state index contributed by atoms with van der Waals surface area (Å²) in [4.78, 5) is 44.9. The van der Waals surface area contributed by atoms with Crippen molar-refractivity contribution in [3.8, 4) is 0 Å². The normalized spacial score (nSPS) is 32.5. The molecule has 2 aliphatic carbocycles. The highest BCUT2D eigenvalue weighted by Crippen LogP contribution is 2.39. The van der Waals surface area contributed by atoms with E-state index >= 15 is 0 Å². The van der Waals surface area contributed by atoms with Gasteiger partial charge in [0.25, 0.3) is 0 Å². The van der Waals surface area contributed by atoms with Gasteiger partial charge in [-0.25, -0.2) is 0 Å². The van der Waals surface area contributed by atoms with Gasteiger partial charge < -0.3 is 10.2 Å². The smallest absolute Gasteiger partial charge is 0.317 e. The zero-order chi connectivity index (χ0) is 19.3. The Kier molecular flexibility index (Phi) is 7.32. The minimum atomic E-state index is -1.06. The van der Waals surface area contributed by atoms with Gasteiger partial charge >= 0.3 is 11.9 Å². The molecule has 6 heteroatoms. The average Bonchev–Trinajstić information content (AvgIpc) is 2.56. The van der Waals surface area contributed by atoms with Gasteiger partial charge in [-0.1, -0.05) is 27.2 Å². The SMILES string of the molecule is CCC1(C(=O)O)CCC(C)CC1=O.CCC1(C(=O)O)CCCCC1=O. The summed E-state index contributed by atoms with van der Waals surface area (Å²) in [7, 11) is 0. The van der Waals surface area contributed by atoms with Gasteiger partial charge in [0, 0.05) is 12.8 Å². The van der Waals surface area contributed by atoms with E-state index in [4.69, 9.17) is 10.2 Å². The lowest BCUT2D eigenvalue weighted by molar-refractivity contribution is -0.159. The number of carbonyl (C=O) groups excluding carboxylic acids is 2. The summed E-state index contributed by atoms with van der Waals surface area (Å²) in [6.45, 7) is 5.55. The summed E-state index contributed by atoms with van der Waals surface area (Å²) >= 11 is 0. The van der Waals surface area contributed by atoms with Crippen molar-refractivity contribution in [2.24, 2.45) is 16.7 Å². The van der Waals surface area contributed by atoms with Gasteiger partial charge in [-0.05, 0) is 44.4 Å². The minimum Gasteiger partial charge on any atom is -0.480 e. The zero-order valence-corrected chi connectivity index (χ0v) is 15.5. The summed E-state index contributed by atoms with van der Waals surface area (Å²) in [5.41, 5.74) is -2.11. The Morgan fingerprint density at radius 3 is 1.84 bits per heavy atom. The zero-order valence-electron chi connectivity index (χ0n) is 15.5. The summed E-state index contributed by atoms with van der Waals surface area (Å²) < 4.78 is 0. The van der Waals surface area contributed by atoms with Gasteiger partial charge in [0.2, 0.25) is 0 Å². The van der Waals surface area contributed by atoms with Crippen LogP contribution >= 0.6 is 0 Å². The fourth-order valence-electron chi connectivity index (χ4n) is 3.84. The number of carboxylic acid groups (broad SMARTS) is 2. The van der Waals surface area contributed by atoms with Crippen molar-refractivity contribution in [3.63, 3.8) is 0 Å². The van der Waals surface area contributed by atoms with Gasteiger partial charge in [-0.2, -0.15) is 0 Å². The molecule has 0 bridgehead atoms. The molecular formula is C19H30O6. The second kappa shape index (κ2) is 8.59. The molecule has 0 aromatic heterocycles. The van der Waals surface area contributed by atoms with Crippen LogP contribution in [-0.4, -0.2) is 33.7 Å². The van der Waals surface area contributed by atoms with E-state index in [1.165, 1.54) is 0 Å². The second-order valence-electron chi connectivity index (χ2n) is 7.38. The fourth-order valence-corrected chi connectivity index (χ4v) is 3.84. The number of carbonyl (C=O) groups is 4. The second-order valence-corrected chi connectivity index (χ2v) is 7.38. The maximum absolute atomic E-state index is 11.6. The van der Waals surface area contributed by atoms with Gasteiger partial charge in [0.05, 0.1) is 0 Å². The maximum Gasteiger partial charge on any atom is 0.317 e. The Balaban J connectivity index is 0.000000251. The molecule has 2 saturated carbocycles. The van der Waals surface area contributed by atoms with Crippen molar-refractivity contribution in [2.75, 3.05) is 0 Å². The number of aliphatic carboxylic acids is 2. The Morgan fingerprint density at radius 1 is 0.960 bits per heavy atom. The molecular weight excluding hydrogens is 324 g/mol. The van der Waals surface area contributed by atoms with Crippen LogP contribution in [0.3, 0.4) is 0 Å². The molecule has 0 amide bonds. The third-order valence-corrected chi connectivity index (χ3v) is 5.95. The Morgan fingerprint density at radius 2 is 1.48 bits per heavy atom. The van der Waals surface area contributed by atoms with E-state index in [1.807, 2.05) is 6.92 Å². The molecule has 0 saturated heterocycles. The molecule has 3 atom stereocenters. The molecule has 2 N–H and O–H groups in total. The van der Waals surface area contributed by atoms with Crippen LogP contribution in [0.2, 0.25) is 0 Å². The summed E-state index contributed by atoms with van der Waals surface area (Å²) in [5.74, 6) is -1.68. The lowest BCUT2D eigenvalue weighted by Crippen LogP contribution is -2.42. The molecule has 25 heavy (non-hydrogen) atoms. The van der Waals surface area contributed by atoms with E-state index in [-0.39, 0.29) is 11.6 Å². The number of ketones is 2. The maximum atomic E-state index is 11.6. The molecule has 0 aromatic rings. The predicted molar refractivity (Wildman–Crippen MR) is 92.2 cm³/mol. The first-order valence-corrected chi connectivity index (χ1v) is 9.19. The van der Waals surface area contributed by atoms with Crippen molar-refractivity contribution in [1.29, 1.82) is 0 Å². The molecule has 2 rings (SSSR count). The molecule has 142 valence electrons. The first-order chi connectivity index (χ1) is 11.7. The monoisotopic (exact) mass is 354 g/mol. The van der Waals surface area contributed by atoms with Crippen LogP contribution in [0.25, 0.3) is 0 Å². The van der Waals surface area contributed by atoms with E-state index < -0.39 is 22.8 Å². The molecule has 0 aromatic carbocycles. The topological polar surface area (TPSA) is 109 Å². The third-order valence-electron chi connectivity index (χ3n) is 5.95. The van der Waals surface area contributed by atoms with Gasteiger partial charge in [0.1, 0.15) is 22.4 Å². The summed E-state index contributed by atoms with van der Waals surface area (Å²) in [6.07, 6.45) is 5.34. The van der Waals surface area contributed by atoms with Gasteiger partial charge in [-0.3, -0.25) is 19.2 Å². The first kappa shape index (κ1) is 21.3. The average molecular weight is 354 g/mol. The first-order valence-electron chi connectivity index (χ1n) is 9.19. The highest BCUT2D eigenvalue weighted by molar-refractivity contribution is 6.04. The van der Waals surface area contributed by atoms with E-state index in [0.717, 1.165) is 19.3 Å². The van der Waals surface area contributed by atoms with Crippen LogP contribution in [0.1, 0.15) is 78.6 Å². The molecule has 0 aliphatic heterocycles. The number of rotatable bonds is 4. The molecule has 0 radical (unpaired) electrons. The molecule has 6 nitrogen and oxygen atoms in total. The molecule has 2 aliphatic rings. The highest BCUT2D eigenvalue weighted by Gasteiger charge is 2.46. The van der Waals surface area contributed by atoms with Crippen molar-refractivity contribution < 1.29 is 29.4 Å². The Labute approximate surface area is 149 Å². The van der Waals surface area contributed by atoms with E-state index in [9.17, 15) is 19.2 Å². The lowest BCUT2D eigenvalue weighted by atomic mass is 9.68. The van der Waals surface area contributed by atoms with E-state index in [2.05, 4.69) is 0 Å². The number of hydrogen-bond donors (Lipinski definition) is 2. The van der Waals surface area contributed by atoms with Crippen LogP contribution in [-0.2, 0) is 19.2 Å². The van der Waals surface area contributed by atoms with Gasteiger partial charge in [0.15, 0.2) is 0 Å². The van der Waals surface area contributed by atoms with Crippen LogP contribution in [0.4, 0.5) is 0 Å². The van der Waals surface area contributed by atoms with Crippen LogP contribution in [0.15, 0.2) is 0 Å². The van der Waals surface area contributed by atoms with Crippen LogP contribution < -0.4 is 0 Å². The molecule has 3 unspecified atom stereocenters. The fraction of sp³-hybridized carbons (Fsp3) is 0.789. The lowest BCUT2D eigenvalue weighted by Gasteiger charge is -2.33. The summed E-state index contributed by atoms with van der Waals surface area (Å²) in [6, 6.07) is 0. The van der Waals surface area contributed by atoms with Crippen molar-refractivity contribution >= 4 is 23.5 Å². The van der Waals surface area contributed by atoms with Gasteiger partial charge in [-0.15, -0.1) is 0 Å². The van der Waals surface area contributed by atoms with Crippen LogP contribution in [0.5, 0.6) is 0 Å². The molecule has 0 heterocycles. The Hall–Kier alpha value is -1.72. The number of Topliss-reactive ketones (excluding diaryl/α,β-unsaturated/α-hetero) is 2. The quantitative estimate of drug-likeness (QED) is 0.748. The number of carboxylic acids is 2. The summed E-state index contributed by atoms with van der Waals surface area (Å²) in [5, 5.41) is 18.0. The van der Waals surface area contributed by atoms with E-state index in [0.29, 0.717) is 44.4 Å². The largest absolute Gasteiger partial charge is 0.480 e. The van der Waals surface area contributed by atoms with Crippen LogP contribution in [0, 0.1) is 16.7 Å². The Bertz CT molecular complexity index is 540. The van der Waals surface area contributed by atoms with E-state index in [1.54, 1.807) is 13.8 Å². The molecule has 2 fully saturated rings. The van der Waals surface area contributed by atoms with Crippen molar-refractivity contribution in [2.45, 2.75) is 78.6 Å². The highest BCUT2D eigenvalue weighted by atomic mass is 16.4. The third kappa shape index (κ3) is 4.28. The number of hydrogen-bond acceptors (Lipinski definition) is 4.